The Bertz CT molecular complexity index is 880. The Hall–Kier alpha value is -2.24. The monoisotopic (exact) mass is 350 g/mol. The van der Waals surface area contributed by atoms with Crippen LogP contribution in [0.25, 0.3) is 10.9 Å². The van der Waals surface area contributed by atoms with Crippen molar-refractivity contribution in [3.63, 3.8) is 0 Å². The van der Waals surface area contributed by atoms with E-state index in [1.54, 1.807) is 0 Å². The highest BCUT2D eigenvalue weighted by atomic mass is 16.5. The summed E-state index contributed by atoms with van der Waals surface area (Å²) in [6.45, 7) is 9.99. The molecule has 0 spiro atoms. The highest BCUT2D eigenvalue weighted by Gasteiger charge is 2.29. The molecular formula is C21H26N4O. The first-order valence-electron chi connectivity index (χ1n) is 9.27. The van der Waals surface area contributed by atoms with Crippen molar-refractivity contribution < 1.29 is 4.74 Å². The van der Waals surface area contributed by atoms with Gasteiger partial charge in [0.15, 0.2) is 0 Å². The van der Waals surface area contributed by atoms with E-state index in [2.05, 4.69) is 52.7 Å². The van der Waals surface area contributed by atoms with Crippen molar-refractivity contribution in [2.75, 3.05) is 32.8 Å². The second-order valence-electron chi connectivity index (χ2n) is 7.69. The van der Waals surface area contributed by atoms with Crippen molar-refractivity contribution in [1.29, 1.82) is 0 Å². The normalized spacial score (nSPS) is 16.2. The van der Waals surface area contributed by atoms with Crippen molar-refractivity contribution in [2.45, 2.75) is 25.8 Å². The fourth-order valence-electron chi connectivity index (χ4n) is 3.81. The Morgan fingerprint density at radius 3 is 2.77 bits per heavy atom. The minimum absolute atomic E-state index is 0.0227. The molecule has 0 N–H and O–H groups in total. The third kappa shape index (κ3) is 3.64. The second kappa shape index (κ2) is 7.17. The lowest BCUT2D eigenvalue weighted by Crippen LogP contribution is -2.44. The summed E-state index contributed by atoms with van der Waals surface area (Å²) in [6, 6.07) is 10.5. The van der Waals surface area contributed by atoms with Crippen LogP contribution in [0.4, 0.5) is 0 Å². The molecule has 2 aromatic heterocycles. The van der Waals surface area contributed by atoms with Crippen LogP contribution in [0.15, 0.2) is 48.9 Å². The van der Waals surface area contributed by atoms with Crippen LogP contribution in [-0.4, -0.2) is 52.3 Å². The van der Waals surface area contributed by atoms with Gasteiger partial charge in [-0.15, -0.1) is 0 Å². The van der Waals surface area contributed by atoms with Crippen LogP contribution >= 0.6 is 0 Å². The van der Waals surface area contributed by atoms with E-state index in [4.69, 9.17) is 9.72 Å². The zero-order valence-electron chi connectivity index (χ0n) is 15.6. The zero-order chi connectivity index (χ0) is 18.0. The lowest BCUT2D eigenvalue weighted by molar-refractivity contribution is 0.0287. The molecule has 1 aliphatic heterocycles. The van der Waals surface area contributed by atoms with E-state index < -0.39 is 0 Å². The molecule has 5 heteroatoms. The van der Waals surface area contributed by atoms with Gasteiger partial charge in [0.05, 0.1) is 25.3 Å². The van der Waals surface area contributed by atoms with Crippen molar-refractivity contribution >= 4 is 10.9 Å². The summed E-state index contributed by atoms with van der Waals surface area (Å²) in [7, 11) is 0. The van der Waals surface area contributed by atoms with Crippen LogP contribution in [0.5, 0.6) is 0 Å². The molecule has 0 aliphatic carbocycles. The van der Waals surface area contributed by atoms with Crippen LogP contribution in [-0.2, 0) is 16.7 Å². The predicted octanol–water partition coefficient (Wildman–Crippen LogP) is 3.09. The molecule has 0 radical (unpaired) electrons. The number of pyridine rings is 1. The third-order valence-electron chi connectivity index (χ3n) is 5.04. The number of nitrogens with zero attached hydrogens (tertiary/aromatic N) is 4. The van der Waals surface area contributed by atoms with Gasteiger partial charge in [-0.25, -0.2) is 4.98 Å². The maximum Gasteiger partial charge on any atom is 0.115 e. The van der Waals surface area contributed by atoms with Crippen LogP contribution in [0.3, 0.4) is 0 Å². The third-order valence-corrected chi connectivity index (χ3v) is 5.04. The summed E-state index contributed by atoms with van der Waals surface area (Å²) in [5.74, 6) is 1.12. The molecule has 1 fully saturated rings. The van der Waals surface area contributed by atoms with Gasteiger partial charge in [0.25, 0.3) is 0 Å². The zero-order valence-corrected chi connectivity index (χ0v) is 15.6. The molecule has 1 aromatic carbocycles. The molecule has 0 unspecified atom stereocenters. The van der Waals surface area contributed by atoms with Crippen LogP contribution < -0.4 is 0 Å². The molecule has 4 rings (SSSR count). The number of hydrogen-bond donors (Lipinski definition) is 0. The van der Waals surface area contributed by atoms with Gasteiger partial charge in [0.1, 0.15) is 5.82 Å². The maximum atomic E-state index is 5.47. The van der Waals surface area contributed by atoms with Gasteiger partial charge in [0, 0.05) is 49.0 Å². The maximum absolute atomic E-state index is 5.47. The largest absolute Gasteiger partial charge is 0.379 e. The fraction of sp³-hybridized carbons (Fsp3) is 0.429. The number of fused-ring (bicyclic) bond motifs is 1. The van der Waals surface area contributed by atoms with E-state index in [1.165, 1.54) is 10.9 Å². The Morgan fingerprint density at radius 1 is 1.12 bits per heavy atom. The number of imidazole rings is 1. The predicted molar refractivity (Wildman–Crippen MR) is 103 cm³/mol. The summed E-state index contributed by atoms with van der Waals surface area (Å²) in [5, 5.41) is 1.18. The van der Waals surface area contributed by atoms with Crippen LogP contribution in [0.1, 0.15) is 25.2 Å². The van der Waals surface area contributed by atoms with Crippen molar-refractivity contribution in [1.82, 2.24) is 19.4 Å². The lowest BCUT2D eigenvalue weighted by Gasteiger charge is -2.34. The van der Waals surface area contributed by atoms with Gasteiger partial charge in [-0.2, -0.15) is 0 Å². The highest BCUT2D eigenvalue weighted by molar-refractivity contribution is 5.78. The first-order valence-corrected chi connectivity index (χ1v) is 9.27. The first kappa shape index (κ1) is 17.2. The van der Waals surface area contributed by atoms with E-state index in [1.807, 2.05) is 24.5 Å². The molecule has 136 valence electrons. The molecule has 0 amide bonds. The van der Waals surface area contributed by atoms with Gasteiger partial charge < -0.3 is 9.30 Å². The number of ether oxygens (including phenoxy) is 1. The molecule has 0 bridgehead atoms. The summed E-state index contributed by atoms with van der Waals surface area (Å²) in [6.07, 6.45) is 5.96. The van der Waals surface area contributed by atoms with E-state index in [0.717, 1.165) is 50.7 Å². The van der Waals surface area contributed by atoms with Gasteiger partial charge in [0.2, 0.25) is 0 Å². The summed E-state index contributed by atoms with van der Waals surface area (Å²) in [5.41, 5.74) is 2.21. The quantitative estimate of drug-likeness (QED) is 0.709. The number of rotatable bonds is 5. The van der Waals surface area contributed by atoms with E-state index in [0.29, 0.717) is 0 Å². The summed E-state index contributed by atoms with van der Waals surface area (Å²) < 4.78 is 7.73. The van der Waals surface area contributed by atoms with E-state index in [9.17, 15) is 0 Å². The molecule has 0 saturated carbocycles. The minimum atomic E-state index is -0.0227. The minimum Gasteiger partial charge on any atom is -0.379 e. The summed E-state index contributed by atoms with van der Waals surface area (Å²) >= 11 is 0. The van der Waals surface area contributed by atoms with Crippen molar-refractivity contribution in [3.05, 3.63) is 60.3 Å². The Morgan fingerprint density at radius 2 is 1.92 bits per heavy atom. The molecule has 1 saturated heterocycles. The molecular weight excluding hydrogens is 324 g/mol. The van der Waals surface area contributed by atoms with E-state index in [-0.39, 0.29) is 5.41 Å². The standard InChI is InChI=1S/C21H26N4O/c1-21(2,16-24-9-11-26-12-10-24)20-22-7-8-25(20)15-17-13-18-5-3-4-6-19(18)23-14-17/h3-8,13-14H,9-12,15-16H2,1-2H3. The SMILES string of the molecule is CC(C)(CN1CCOCC1)c1nccn1Cc1cnc2ccccc2c1. The van der Waals surface area contributed by atoms with E-state index >= 15 is 0 Å². The van der Waals surface area contributed by atoms with Crippen LogP contribution in [0.2, 0.25) is 0 Å². The number of morpholine rings is 1. The van der Waals surface area contributed by atoms with Crippen molar-refractivity contribution in [2.24, 2.45) is 0 Å². The molecule has 3 aromatic rings. The first-order chi connectivity index (χ1) is 12.6. The van der Waals surface area contributed by atoms with Crippen molar-refractivity contribution in [3.8, 4) is 0 Å². The Balaban J connectivity index is 1.55. The average Bonchev–Trinajstić information content (AvgIpc) is 3.11. The Labute approximate surface area is 154 Å². The molecule has 3 heterocycles. The van der Waals surface area contributed by atoms with Gasteiger partial charge in [-0.1, -0.05) is 32.0 Å². The fourth-order valence-corrected chi connectivity index (χ4v) is 3.81. The second-order valence-corrected chi connectivity index (χ2v) is 7.69. The van der Waals surface area contributed by atoms with Gasteiger partial charge in [-0.3, -0.25) is 9.88 Å². The number of benzene rings is 1. The highest BCUT2D eigenvalue weighted by Crippen LogP contribution is 2.24. The number of para-hydroxylation sites is 1. The molecule has 1 aliphatic rings. The Kier molecular flexibility index (Phi) is 4.74. The smallest absolute Gasteiger partial charge is 0.115 e. The molecule has 5 nitrogen and oxygen atoms in total. The van der Waals surface area contributed by atoms with Gasteiger partial charge >= 0.3 is 0 Å². The molecule has 0 atom stereocenters. The topological polar surface area (TPSA) is 43.2 Å². The van der Waals surface area contributed by atoms with Crippen LogP contribution in [0, 0.1) is 0 Å². The average molecular weight is 350 g/mol. The lowest BCUT2D eigenvalue weighted by atomic mass is 9.91. The summed E-state index contributed by atoms with van der Waals surface area (Å²) in [4.78, 5) is 11.8. The number of aromatic nitrogens is 3. The molecule has 26 heavy (non-hydrogen) atoms. The van der Waals surface area contributed by atoms with Gasteiger partial charge in [-0.05, 0) is 17.7 Å². The number of hydrogen-bond acceptors (Lipinski definition) is 4.